The standard InChI is InChI=1S/C22H46/c1-14-19(8,9)16-21(12,15-2)22(13,17(3)4)20(10,11)18(5,6)7/h17H,14-16H2,1-13H3. The fraction of sp³-hybridized carbons (Fsp3) is 1.00. The van der Waals surface area contributed by atoms with E-state index < -0.39 is 0 Å². The first-order valence-corrected chi connectivity index (χ1v) is 9.52. The summed E-state index contributed by atoms with van der Waals surface area (Å²) in [5.74, 6) is 0.666. The minimum Gasteiger partial charge on any atom is -0.0649 e. The van der Waals surface area contributed by atoms with Gasteiger partial charge in [-0.05, 0) is 39.4 Å². The Hall–Kier alpha value is 0. The van der Waals surface area contributed by atoms with Gasteiger partial charge in [0.25, 0.3) is 0 Å². The molecule has 2 atom stereocenters. The molecule has 0 aliphatic carbocycles. The van der Waals surface area contributed by atoms with Crippen LogP contribution in [0.1, 0.15) is 109 Å². The molecular weight excluding hydrogens is 264 g/mol. The van der Waals surface area contributed by atoms with Crippen molar-refractivity contribution in [2.45, 2.75) is 109 Å². The summed E-state index contributed by atoms with van der Waals surface area (Å²) in [6.07, 6.45) is 3.82. The van der Waals surface area contributed by atoms with E-state index in [9.17, 15) is 0 Å². The Morgan fingerprint density at radius 2 is 1.09 bits per heavy atom. The molecule has 0 amide bonds. The molecule has 0 aliphatic heterocycles. The Morgan fingerprint density at radius 1 is 0.682 bits per heavy atom. The average molecular weight is 311 g/mol. The molecule has 0 aromatic rings. The molecule has 0 aliphatic rings. The van der Waals surface area contributed by atoms with Crippen molar-refractivity contribution in [1.82, 2.24) is 0 Å². The van der Waals surface area contributed by atoms with E-state index in [1.165, 1.54) is 19.3 Å². The number of rotatable bonds is 7. The summed E-state index contributed by atoms with van der Waals surface area (Å²) in [5, 5.41) is 0. The van der Waals surface area contributed by atoms with Crippen molar-refractivity contribution < 1.29 is 0 Å². The third-order valence-corrected chi connectivity index (χ3v) is 8.19. The lowest BCUT2D eigenvalue weighted by atomic mass is 9.41. The fourth-order valence-electron chi connectivity index (χ4n) is 4.81. The van der Waals surface area contributed by atoms with E-state index in [4.69, 9.17) is 0 Å². The molecule has 22 heavy (non-hydrogen) atoms. The van der Waals surface area contributed by atoms with Gasteiger partial charge in [0.05, 0.1) is 0 Å². The summed E-state index contributed by atoms with van der Waals surface area (Å²) in [5.41, 5.74) is 1.60. The van der Waals surface area contributed by atoms with Crippen molar-refractivity contribution in [1.29, 1.82) is 0 Å². The Kier molecular flexibility index (Phi) is 6.48. The van der Waals surface area contributed by atoms with Crippen molar-refractivity contribution in [2.24, 2.45) is 33.0 Å². The maximum Gasteiger partial charge on any atom is -0.0193 e. The minimum absolute atomic E-state index is 0.267. The lowest BCUT2D eigenvalue weighted by Crippen LogP contribution is -2.57. The van der Waals surface area contributed by atoms with Gasteiger partial charge < -0.3 is 0 Å². The van der Waals surface area contributed by atoms with Crippen LogP contribution in [0.15, 0.2) is 0 Å². The van der Waals surface area contributed by atoms with Crippen LogP contribution in [0.2, 0.25) is 0 Å². The second-order valence-electron chi connectivity index (χ2n) is 10.8. The zero-order valence-corrected chi connectivity index (χ0v) is 18.2. The van der Waals surface area contributed by atoms with Crippen molar-refractivity contribution in [3.8, 4) is 0 Å². The third kappa shape index (κ3) is 3.57. The molecule has 0 saturated heterocycles. The van der Waals surface area contributed by atoms with Crippen LogP contribution >= 0.6 is 0 Å². The number of hydrogen-bond acceptors (Lipinski definition) is 0. The topological polar surface area (TPSA) is 0 Å². The monoisotopic (exact) mass is 310 g/mol. The zero-order valence-electron chi connectivity index (χ0n) is 18.2. The zero-order chi connectivity index (χ0) is 18.2. The van der Waals surface area contributed by atoms with Gasteiger partial charge in [0.15, 0.2) is 0 Å². The third-order valence-electron chi connectivity index (χ3n) is 8.19. The first-order chi connectivity index (χ1) is 9.52. The van der Waals surface area contributed by atoms with Crippen LogP contribution in [0, 0.1) is 33.0 Å². The molecule has 0 radical (unpaired) electrons. The van der Waals surface area contributed by atoms with Crippen molar-refractivity contribution in [3.05, 3.63) is 0 Å². The maximum absolute atomic E-state index is 2.58. The Morgan fingerprint density at radius 3 is 1.32 bits per heavy atom. The summed E-state index contributed by atoms with van der Waals surface area (Å²) < 4.78 is 0. The second-order valence-corrected chi connectivity index (χ2v) is 10.8. The van der Waals surface area contributed by atoms with Gasteiger partial charge in [-0.2, -0.15) is 0 Å². The first kappa shape index (κ1) is 22.0. The number of hydrogen-bond donors (Lipinski definition) is 0. The fourth-order valence-corrected chi connectivity index (χ4v) is 4.81. The van der Waals surface area contributed by atoms with Gasteiger partial charge in [-0.1, -0.05) is 103 Å². The van der Waals surface area contributed by atoms with Crippen LogP contribution in [-0.4, -0.2) is 0 Å². The highest BCUT2D eigenvalue weighted by Crippen LogP contribution is 2.66. The van der Waals surface area contributed by atoms with Crippen LogP contribution in [-0.2, 0) is 0 Å². The highest BCUT2D eigenvalue weighted by Gasteiger charge is 2.58. The van der Waals surface area contributed by atoms with Gasteiger partial charge in [-0.25, -0.2) is 0 Å². The molecule has 0 aromatic heterocycles. The molecule has 0 fully saturated rings. The molecule has 0 heteroatoms. The van der Waals surface area contributed by atoms with Gasteiger partial charge in [-0.3, -0.25) is 0 Å². The summed E-state index contributed by atoms with van der Waals surface area (Å²) in [6, 6.07) is 0. The van der Waals surface area contributed by atoms with E-state index in [0.717, 1.165) is 0 Å². The Balaban J connectivity index is 6.22. The predicted molar refractivity (Wildman–Crippen MR) is 103 cm³/mol. The highest BCUT2D eigenvalue weighted by molar-refractivity contribution is 5.07. The van der Waals surface area contributed by atoms with Crippen LogP contribution in [0.3, 0.4) is 0 Å². The van der Waals surface area contributed by atoms with E-state index in [2.05, 4.69) is 90.0 Å². The molecular formula is C22H46. The molecule has 0 heterocycles. The van der Waals surface area contributed by atoms with Crippen LogP contribution in [0.5, 0.6) is 0 Å². The van der Waals surface area contributed by atoms with Gasteiger partial charge in [-0.15, -0.1) is 0 Å². The van der Waals surface area contributed by atoms with Crippen LogP contribution < -0.4 is 0 Å². The average Bonchev–Trinajstić information content (AvgIpc) is 2.35. The van der Waals surface area contributed by atoms with E-state index in [1.807, 2.05) is 0 Å². The first-order valence-electron chi connectivity index (χ1n) is 9.52. The summed E-state index contributed by atoms with van der Waals surface area (Å²) >= 11 is 0. The Bertz CT molecular complexity index is 353. The highest BCUT2D eigenvalue weighted by atomic mass is 14.6. The van der Waals surface area contributed by atoms with Gasteiger partial charge >= 0.3 is 0 Å². The normalized spacial score (nSPS) is 19.9. The van der Waals surface area contributed by atoms with E-state index in [0.29, 0.717) is 27.6 Å². The molecule has 0 aromatic carbocycles. The maximum atomic E-state index is 2.58. The molecule has 134 valence electrons. The van der Waals surface area contributed by atoms with Gasteiger partial charge in [0.2, 0.25) is 0 Å². The van der Waals surface area contributed by atoms with Crippen LogP contribution in [0.4, 0.5) is 0 Å². The van der Waals surface area contributed by atoms with Gasteiger partial charge in [0, 0.05) is 0 Å². The van der Waals surface area contributed by atoms with Gasteiger partial charge in [0.1, 0.15) is 0 Å². The Labute approximate surface area is 142 Å². The van der Waals surface area contributed by atoms with Crippen molar-refractivity contribution >= 4 is 0 Å². The largest absolute Gasteiger partial charge is 0.0649 e. The molecule has 0 rings (SSSR count). The minimum atomic E-state index is 0.267. The van der Waals surface area contributed by atoms with E-state index >= 15 is 0 Å². The molecule has 0 nitrogen and oxygen atoms in total. The quantitative estimate of drug-likeness (QED) is 0.447. The molecule has 0 bridgehead atoms. The SMILES string of the molecule is CCC(C)(C)CC(C)(CC)C(C)(C(C)C)C(C)(C)C(C)(C)C. The summed E-state index contributed by atoms with van der Waals surface area (Å²) in [4.78, 5) is 0. The summed E-state index contributed by atoms with van der Waals surface area (Å²) in [6.45, 7) is 32.0. The lowest BCUT2D eigenvalue weighted by Gasteiger charge is -2.64. The molecule has 0 N–H and O–H groups in total. The van der Waals surface area contributed by atoms with Crippen molar-refractivity contribution in [2.75, 3.05) is 0 Å². The molecule has 0 spiro atoms. The lowest BCUT2D eigenvalue weighted by molar-refractivity contribution is -0.153. The van der Waals surface area contributed by atoms with Crippen molar-refractivity contribution in [3.63, 3.8) is 0 Å². The predicted octanol–water partition coefficient (Wildman–Crippen LogP) is 7.96. The smallest absolute Gasteiger partial charge is 0.0193 e. The van der Waals surface area contributed by atoms with Crippen LogP contribution in [0.25, 0.3) is 0 Å². The summed E-state index contributed by atoms with van der Waals surface area (Å²) in [7, 11) is 0. The second kappa shape index (κ2) is 6.48. The molecule has 0 saturated carbocycles. The van der Waals surface area contributed by atoms with E-state index in [-0.39, 0.29) is 5.41 Å². The molecule has 2 unspecified atom stereocenters. The van der Waals surface area contributed by atoms with E-state index in [1.54, 1.807) is 0 Å².